The van der Waals surface area contributed by atoms with E-state index < -0.39 is 0 Å². The number of anilines is 3. The first-order valence-corrected chi connectivity index (χ1v) is 18.8. The van der Waals surface area contributed by atoms with Crippen LogP contribution in [0, 0.1) is 0 Å². The summed E-state index contributed by atoms with van der Waals surface area (Å²) >= 11 is 0. The van der Waals surface area contributed by atoms with Gasteiger partial charge in [-0.25, -0.2) is 0 Å². The van der Waals surface area contributed by atoms with Crippen molar-refractivity contribution < 1.29 is 0 Å². The van der Waals surface area contributed by atoms with Gasteiger partial charge in [-0.2, -0.15) is 0 Å². The van der Waals surface area contributed by atoms with Gasteiger partial charge in [0.05, 0.1) is 16.7 Å². The summed E-state index contributed by atoms with van der Waals surface area (Å²) in [5, 5.41) is 7.53. The van der Waals surface area contributed by atoms with Gasteiger partial charge in [-0.05, 0) is 104 Å². The van der Waals surface area contributed by atoms with Gasteiger partial charge >= 0.3 is 0 Å². The third kappa shape index (κ3) is 5.26. The molecule has 9 aromatic carbocycles. The zero-order chi connectivity index (χ0) is 36.0. The van der Waals surface area contributed by atoms with Gasteiger partial charge < -0.3 is 9.47 Å². The molecule has 0 aliphatic rings. The molecule has 0 unspecified atom stereocenters. The summed E-state index contributed by atoms with van der Waals surface area (Å²) in [5.74, 6) is 0. The number of hydrogen-bond donors (Lipinski definition) is 0. The second-order valence-corrected chi connectivity index (χ2v) is 14.0. The molecule has 0 spiro atoms. The molecule has 0 radical (unpaired) electrons. The van der Waals surface area contributed by atoms with Gasteiger partial charge in [0, 0.05) is 27.8 Å². The predicted molar refractivity (Wildman–Crippen MR) is 231 cm³/mol. The van der Waals surface area contributed by atoms with E-state index in [-0.39, 0.29) is 0 Å². The Labute approximate surface area is 315 Å². The molecule has 0 aliphatic carbocycles. The van der Waals surface area contributed by atoms with Crippen LogP contribution in [0.4, 0.5) is 17.1 Å². The Bertz CT molecular complexity index is 2930. The van der Waals surface area contributed by atoms with Crippen LogP contribution in [0.1, 0.15) is 12.5 Å². The van der Waals surface area contributed by atoms with Crippen LogP contribution >= 0.6 is 0 Å². The second kappa shape index (κ2) is 13.3. The number of para-hydroxylation sites is 2. The van der Waals surface area contributed by atoms with Crippen LogP contribution in [-0.4, -0.2) is 4.57 Å². The highest BCUT2D eigenvalue weighted by molar-refractivity contribution is 6.23. The molecule has 0 bridgehead atoms. The second-order valence-electron chi connectivity index (χ2n) is 14.0. The highest BCUT2D eigenvalue weighted by atomic mass is 15.2. The third-order valence-corrected chi connectivity index (χ3v) is 10.9. The molecular weight excluding hydrogens is 653 g/mol. The lowest BCUT2D eigenvalue weighted by Crippen LogP contribution is -2.11. The van der Waals surface area contributed by atoms with Crippen molar-refractivity contribution in [3.63, 3.8) is 0 Å². The van der Waals surface area contributed by atoms with Crippen LogP contribution < -0.4 is 4.90 Å². The molecule has 256 valence electrons. The lowest BCUT2D eigenvalue weighted by atomic mass is 9.91. The van der Waals surface area contributed by atoms with Crippen molar-refractivity contribution in [1.29, 1.82) is 0 Å². The van der Waals surface area contributed by atoms with E-state index >= 15 is 0 Å². The van der Waals surface area contributed by atoms with Crippen molar-refractivity contribution in [3.05, 3.63) is 206 Å². The molecule has 2 nitrogen and oxygen atoms in total. The molecular formula is C52H38N2. The molecule has 1 aromatic heterocycles. The average Bonchev–Trinajstić information content (AvgIpc) is 3.60. The summed E-state index contributed by atoms with van der Waals surface area (Å²) in [6.45, 7) is 2.21. The minimum Gasteiger partial charge on any atom is -0.308 e. The third-order valence-electron chi connectivity index (χ3n) is 10.9. The van der Waals surface area contributed by atoms with E-state index in [1.807, 2.05) is 0 Å². The summed E-state index contributed by atoms with van der Waals surface area (Å²) in [6, 6.07) is 73.1. The lowest BCUT2D eigenvalue weighted by Gasteiger charge is -2.27. The van der Waals surface area contributed by atoms with Crippen LogP contribution in [0.25, 0.3) is 71.3 Å². The fourth-order valence-corrected chi connectivity index (χ4v) is 8.38. The van der Waals surface area contributed by atoms with Crippen molar-refractivity contribution in [3.8, 4) is 27.9 Å². The Morgan fingerprint density at radius 1 is 0.426 bits per heavy atom. The smallest absolute Gasteiger partial charge is 0.0782 e. The summed E-state index contributed by atoms with van der Waals surface area (Å²) in [6.07, 6.45) is 0.996. The molecule has 1 heterocycles. The van der Waals surface area contributed by atoms with Crippen LogP contribution in [0.15, 0.2) is 200 Å². The SMILES string of the molecule is CCc1ccc(N(c2ccc(-c3cccc4cccc(-c5ccccc5)c34)cc2)c2cccc3c4c5ccccc5ccc4n(-c4ccccc4)c23)cc1. The van der Waals surface area contributed by atoms with Crippen LogP contribution in [0.3, 0.4) is 0 Å². The number of benzene rings is 9. The van der Waals surface area contributed by atoms with Crippen LogP contribution in [0.2, 0.25) is 0 Å². The Morgan fingerprint density at radius 3 is 1.70 bits per heavy atom. The molecule has 0 fully saturated rings. The molecule has 0 saturated carbocycles. The Kier molecular flexibility index (Phi) is 7.81. The number of aryl methyl sites for hydroxylation is 1. The summed E-state index contributed by atoms with van der Waals surface area (Å²) < 4.78 is 2.45. The van der Waals surface area contributed by atoms with Crippen molar-refractivity contribution >= 4 is 60.4 Å². The lowest BCUT2D eigenvalue weighted by molar-refractivity contribution is 1.13. The van der Waals surface area contributed by atoms with Crippen LogP contribution in [0.5, 0.6) is 0 Å². The van der Waals surface area contributed by atoms with Gasteiger partial charge in [0.2, 0.25) is 0 Å². The van der Waals surface area contributed by atoms with Gasteiger partial charge in [-0.15, -0.1) is 0 Å². The highest BCUT2D eigenvalue weighted by Gasteiger charge is 2.23. The van der Waals surface area contributed by atoms with Crippen molar-refractivity contribution in [1.82, 2.24) is 4.57 Å². The average molecular weight is 691 g/mol. The Balaban J connectivity index is 1.21. The number of nitrogens with zero attached hydrogens (tertiary/aromatic N) is 2. The number of hydrogen-bond acceptors (Lipinski definition) is 1. The van der Waals surface area contributed by atoms with Gasteiger partial charge in [-0.1, -0.05) is 159 Å². The maximum Gasteiger partial charge on any atom is 0.0782 e. The normalized spacial score (nSPS) is 11.5. The fraction of sp³-hybridized carbons (Fsp3) is 0.0385. The maximum atomic E-state index is 2.45. The monoisotopic (exact) mass is 690 g/mol. The Hall–Kier alpha value is -6.90. The molecule has 0 atom stereocenters. The van der Waals surface area contributed by atoms with E-state index in [4.69, 9.17) is 0 Å². The summed E-state index contributed by atoms with van der Waals surface area (Å²) in [7, 11) is 0. The quantitative estimate of drug-likeness (QED) is 0.162. The molecule has 0 N–H and O–H groups in total. The molecule has 54 heavy (non-hydrogen) atoms. The first-order chi connectivity index (χ1) is 26.8. The zero-order valence-electron chi connectivity index (χ0n) is 30.2. The predicted octanol–water partition coefficient (Wildman–Crippen LogP) is 14.5. The number of rotatable bonds is 7. The zero-order valence-corrected chi connectivity index (χ0v) is 30.2. The van der Waals surface area contributed by atoms with Crippen LogP contribution in [-0.2, 0) is 6.42 Å². The van der Waals surface area contributed by atoms with E-state index in [0.29, 0.717) is 0 Å². The van der Waals surface area contributed by atoms with E-state index in [9.17, 15) is 0 Å². The van der Waals surface area contributed by atoms with Gasteiger partial charge in [0.15, 0.2) is 0 Å². The minimum atomic E-state index is 0.996. The molecule has 0 amide bonds. The number of fused-ring (bicyclic) bond motifs is 6. The van der Waals surface area contributed by atoms with Gasteiger partial charge in [0.1, 0.15) is 0 Å². The first kappa shape index (κ1) is 31.8. The van der Waals surface area contributed by atoms with Gasteiger partial charge in [0.25, 0.3) is 0 Å². The molecule has 0 aliphatic heterocycles. The topological polar surface area (TPSA) is 8.17 Å². The molecule has 2 heteroatoms. The van der Waals surface area contributed by atoms with E-state index in [0.717, 1.165) is 29.2 Å². The van der Waals surface area contributed by atoms with Crippen molar-refractivity contribution in [2.75, 3.05) is 4.90 Å². The van der Waals surface area contributed by atoms with E-state index in [1.54, 1.807) is 0 Å². The fourth-order valence-electron chi connectivity index (χ4n) is 8.38. The molecule has 10 aromatic rings. The summed E-state index contributed by atoms with van der Waals surface area (Å²) in [4.78, 5) is 2.44. The molecule has 0 saturated heterocycles. The molecule has 10 rings (SSSR count). The Morgan fingerprint density at radius 2 is 1.00 bits per heavy atom. The largest absolute Gasteiger partial charge is 0.308 e. The summed E-state index contributed by atoms with van der Waals surface area (Å²) in [5.41, 5.74) is 13.1. The minimum absolute atomic E-state index is 0.996. The number of aromatic nitrogens is 1. The van der Waals surface area contributed by atoms with Crippen molar-refractivity contribution in [2.45, 2.75) is 13.3 Å². The van der Waals surface area contributed by atoms with Gasteiger partial charge in [-0.3, -0.25) is 0 Å². The standard InChI is InChI=1S/C52H38N2/c1-2-36-26-31-42(32-27-36)53(43-33-28-39(29-34-43)45-23-12-18-40-17-11-22-44(50(40)45)37-14-5-3-6-15-37)49-25-13-24-47-51-46-21-10-9-16-38(46)30-35-48(51)54(52(47)49)41-19-7-4-8-20-41/h3-35H,2H2,1H3. The van der Waals surface area contributed by atoms with E-state index in [2.05, 4.69) is 217 Å². The maximum absolute atomic E-state index is 2.45. The first-order valence-electron chi connectivity index (χ1n) is 18.8. The van der Waals surface area contributed by atoms with E-state index in [1.165, 1.54) is 71.2 Å². The van der Waals surface area contributed by atoms with Crippen molar-refractivity contribution in [2.24, 2.45) is 0 Å². The highest BCUT2D eigenvalue weighted by Crippen LogP contribution is 2.46.